The molecule has 2 amide bonds. The van der Waals surface area contributed by atoms with E-state index < -0.39 is 0 Å². The highest BCUT2D eigenvalue weighted by Gasteiger charge is 2.35. The Kier molecular flexibility index (Phi) is 4.96. The SMILES string of the molecule is Cc1ccc(/C=C2\SC(=O)N(Cc3cc4ccccc4nc3Cl)C2=O)c(C)c1. The van der Waals surface area contributed by atoms with E-state index in [2.05, 4.69) is 11.1 Å². The first-order valence-electron chi connectivity index (χ1n) is 8.79. The number of amides is 2. The second-order valence-electron chi connectivity index (χ2n) is 6.76. The first-order valence-corrected chi connectivity index (χ1v) is 9.98. The fraction of sp³-hybridized carbons (Fsp3) is 0.136. The second-order valence-corrected chi connectivity index (χ2v) is 8.11. The lowest BCUT2D eigenvalue weighted by atomic mass is 10.1. The lowest BCUT2D eigenvalue weighted by molar-refractivity contribution is -0.123. The van der Waals surface area contributed by atoms with Crippen LogP contribution in [0.5, 0.6) is 0 Å². The largest absolute Gasteiger partial charge is 0.293 e. The number of para-hydroxylation sites is 1. The molecule has 0 saturated carbocycles. The minimum Gasteiger partial charge on any atom is -0.268 e. The number of fused-ring (bicyclic) bond motifs is 1. The van der Waals surface area contributed by atoms with Gasteiger partial charge in [-0.25, -0.2) is 4.98 Å². The number of nitrogens with zero attached hydrogens (tertiary/aromatic N) is 2. The van der Waals surface area contributed by atoms with Gasteiger partial charge >= 0.3 is 0 Å². The first-order chi connectivity index (χ1) is 13.4. The van der Waals surface area contributed by atoms with Gasteiger partial charge in [0.1, 0.15) is 5.15 Å². The normalized spacial score (nSPS) is 15.8. The van der Waals surface area contributed by atoms with Crippen molar-refractivity contribution < 1.29 is 9.59 Å². The summed E-state index contributed by atoms with van der Waals surface area (Å²) in [5, 5.41) is 0.918. The van der Waals surface area contributed by atoms with Gasteiger partial charge in [0.05, 0.1) is 17.0 Å². The van der Waals surface area contributed by atoms with Crippen molar-refractivity contribution >= 4 is 51.5 Å². The molecule has 0 spiro atoms. The quantitative estimate of drug-likeness (QED) is 0.409. The molecule has 4 rings (SSSR count). The summed E-state index contributed by atoms with van der Waals surface area (Å²) in [6, 6.07) is 15.5. The van der Waals surface area contributed by atoms with Crippen LogP contribution in [0.4, 0.5) is 4.79 Å². The average Bonchev–Trinajstić information content (AvgIpc) is 2.92. The molecule has 6 heteroatoms. The van der Waals surface area contributed by atoms with Crippen LogP contribution in [0.3, 0.4) is 0 Å². The zero-order valence-electron chi connectivity index (χ0n) is 15.4. The Bertz CT molecular complexity index is 1160. The molecule has 2 heterocycles. The Balaban J connectivity index is 1.63. The minimum absolute atomic E-state index is 0.103. The van der Waals surface area contributed by atoms with Gasteiger partial charge in [-0.1, -0.05) is 53.6 Å². The Morgan fingerprint density at radius 3 is 2.68 bits per heavy atom. The summed E-state index contributed by atoms with van der Waals surface area (Å²) in [4.78, 5) is 31.3. The third kappa shape index (κ3) is 3.55. The predicted molar refractivity (Wildman–Crippen MR) is 114 cm³/mol. The number of carbonyl (C=O) groups is 2. The minimum atomic E-state index is -0.306. The second kappa shape index (κ2) is 7.41. The molecule has 1 saturated heterocycles. The molecule has 1 aliphatic rings. The molecular formula is C22H17ClN2O2S. The fourth-order valence-electron chi connectivity index (χ4n) is 3.18. The Labute approximate surface area is 172 Å². The van der Waals surface area contributed by atoms with Gasteiger partial charge in [0.2, 0.25) is 0 Å². The predicted octanol–water partition coefficient (Wildman–Crippen LogP) is 5.74. The van der Waals surface area contributed by atoms with E-state index in [4.69, 9.17) is 11.6 Å². The van der Waals surface area contributed by atoms with E-state index >= 15 is 0 Å². The maximum Gasteiger partial charge on any atom is 0.293 e. The van der Waals surface area contributed by atoms with Crippen LogP contribution in [0.1, 0.15) is 22.3 Å². The number of thioether (sulfide) groups is 1. The number of carbonyl (C=O) groups excluding carboxylic acids is 2. The van der Waals surface area contributed by atoms with Gasteiger partial charge in [0.15, 0.2) is 0 Å². The lowest BCUT2D eigenvalue weighted by Crippen LogP contribution is -2.27. The maximum atomic E-state index is 12.8. The number of aryl methyl sites for hydroxylation is 2. The molecule has 0 aliphatic carbocycles. The molecule has 1 fully saturated rings. The van der Waals surface area contributed by atoms with Crippen LogP contribution < -0.4 is 0 Å². The summed E-state index contributed by atoms with van der Waals surface area (Å²) in [6.07, 6.45) is 1.78. The van der Waals surface area contributed by atoms with E-state index in [9.17, 15) is 9.59 Å². The molecule has 2 aromatic carbocycles. The van der Waals surface area contributed by atoms with E-state index in [-0.39, 0.29) is 17.7 Å². The molecule has 28 heavy (non-hydrogen) atoms. The molecular weight excluding hydrogens is 392 g/mol. The highest BCUT2D eigenvalue weighted by atomic mass is 35.5. The number of rotatable bonds is 3. The number of halogens is 1. The number of pyridine rings is 1. The summed E-state index contributed by atoms with van der Waals surface area (Å²) >= 11 is 7.25. The topological polar surface area (TPSA) is 50.3 Å². The highest BCUT2D eigenvalue weighted by molar-refractivity contribution is 8.18. The molecule has 0 N–H and O–H groups in total. The molecule has 140 valence electrons. The van der Waals surface area contributed by atoms with Crippen molar-refractivity contribution in [2.45, 2.75) is 20.4 Å². The summed E-state index contributed by atoms with van der Waals surface area (Å²) in [5.74, 6) is -0.306. The molecule has 4 nitrogen and oxygen atoms in total. The molecule has 0 bridgehead atoms. The van der Waals surface area contributed by atoms with Crippen molar-refractivity contribution in [1.82, 2.24) is 9.88 Å². The van der Waals surface area contributed by atoms with Gasteiger partial charge in [-0.15, -0.1) is 0 Å². The van der Waals surface area contributed by atoms with Crippen molar-refractivity contribution in [3.8, 4) is 0 Å². The zero-order valence-corrected chi connectivity index (χ0v) is 17.0. The molecule has 0 atom stereocenters. The summed E-state index contributed by atoms with van der Waals surface area (Å²) in [5.41, 5.74) is 4.58. The smallest absolute Gasteiger partial charge is 0.268 e. The van der Waals surface area contributed by atoms with Gasteiger partial charge in [0, 0.05) is 10.9 Å². The molecule has 1 aliphatic heterocycles. The van der Waals surface area contributed by atoms with Gasteiger partial charge in [-0.05, 0) is 54.9 Å². The van der Waals surface area contributed by atoms with Crippen LogP contribution in [0.25, 0.3) is 17.0 Å². The van der Waals surface area contributed by atoms with Crippen molar-refractivity contribution in [2.75, 3.05) is 0 Å². The van der Waals surface area contributed by atoms with E-state index in [1.165, 1.54) is 4.90 Å². The maximum absolute atomic E-state index is 12.8. The van der Waals surface area contributed by atoms with Crippen molar-refractivity contribution in [3.63, 3.8) is 0 Å². The monoisotopic (exact) mass is 408 g/mol. The highest BCUT2D eigenvalue weighted by Crippen LogP contribution is 2.35. The number of benzene rings is 2. The van der Waals surface area contributed by atoms with Crippen molar-refractivity contribution in [3.05, 3.63) is 80.8 Å². The van der Waals surface area contributed by atoms with Gasteiger partial charge < -0.3 is 0 Å². The van der Waals surface area contributed by atoms with Gasteiger partial charge in [0.25, 0.3) is 11.1 Å². The van der Waals surface area contributed by atoms with E-state index in [1.807, 2.05) is 56.3 Å². The van der Waals surface area contributed by atoms with Gasteiger partial charge in [-0.2, -0.15) is 0 Å². The van der Waals surface area contributed by atoms with E-state index in [0.717, 1.165) is 39.4 Å². The number of imide groups is 1. The number of hydrogen-bond acceptors (Lipinski definition) is 4. The summed E-state index contributed by atoms with van der Waals surface area (Å²) < 4.78 is 0. The van der Waals surface area contributed by atoms with Crippen LogP contribution in [0.15, 0.2) is 53.4 Å². The third-order valence-electron chi connectivity index (χ3n) is 4.66. The number of hydrogen-bond donors (Lipinski definition) is 0. The number of aromatic nitrogens is 1. The van der Waals surface area contributed by atoms with Crippen LogP contribution in [0, 0.1) is 13.8 Å². The van der Waals surface area contributed by atoms with Gasteiger partial charge in [-0.3, -0.25) is 14.5 Å². The Morgan fingerprint density at radius 2 is 1.89 bits per heavy atom. The van der Waals surface area contributed by atoms with Crippen molar-refractivity contribution in [2.24, 2.45) is 0 Å². The molecule has 0 radical (unpaired) electrons. The van der Waals surface area contributed by atoms with Crippen molar-refractivity contribution in [1.29, 1.82) is 0 Å². The summed E-state index contributed by atoms with van der Waals surface area (Å²) in [7, 11) is 0. The third-order valence-corrected chi connectivity index (χ3v) is 5.90. The van der Waals surface area contributed by atoms with E-state index in [1.54, 1.807) is 6.08 Å². The van der Waals surface area contributed by atoms with Crippen LogP contribution in [-0.4, -0.2) is 21.0 Å². The van der Waals surface area contributed by atoms with Crippen LogP contribution in [-0.2, 0) is 11.3 Å². The standard InChI is InChI=1S/C22H17ClN2O2S/c1-13-7-8-15(14(2)9-13)11-19-21(26)25(22(27)28-19)12-17-10-16-5-3-4-6-18(16)24-20(17)23/h3-11H,12H2,1-2H3/b19-11-. The average molecular weight is 409 g/mol. The van der Waals surface area contributed by atoms with E-state index in [0.29, 0.717) is 15.6 Å². The lowest BCUT2D eigenvalue weighted by Gasteiger charge is -2.14. The fourth-order valence-corrected chi connectivity index (χ4v) is 4.22. The Hall–Kier alpha value is -2.63. The first kappa shape index (κ1) is 18.7. The molecule has 0 unspecified atom stereocenters. The Morgan fingerprint density at radius 1 is 1.11 bits per heavy atom. The zero-order chi connectivity index (χ0) is 19.8. The molecule has 3 aromatic rings. The molecule has 1 aromatic heterocycles. The van der Waals surface area contributed by atoms with Crippen LogP contribution >= 0.6 is 23.4 Å². The summed E-state index contributed by atoms with van der Waals surface area (Å²) in [6.45, 7) is 4.11. The van der Waals surface area contributed by atoms with Crippen LogP contribution in [0.2, 0.25) is 5.15 Å².